The van der Waals surface area contributed by atoms with Crippen LogP contribution in [0.3, 0.4) is 0 Å². The van der Waals surface area contributed by atoms with E-state index in [0.29, 0.717) is 24.4 Å². The largest absolute Gasteiger partial charge is 0.349 e. The van der Waals surface area contributed by atoms with E-state index in [1.54, 1.807) is 11.3 Å². The molecule has 28 heavy (non-hydrogen) atoms. The lowest BCUT2D eigenvalue weighted by atomic mass is 10.0. The van der Waals surface area contributed by atoms with Crippen LogP contribution in [-0.4, -0.2) is 46.6 Å². The molecule has 3 aromatic rings. The fourth-order valence-electron chi connectivity index (χ4n) is 3.26. The third-order valence-electron chi connectivity index (χ3n) is 4.81. The smallest absolute Gasteiger partial charge is 0.251 e. The van der Waals surface area contributed by atoms with Crippen LogP contribution in [0.4, 0.5) is 0 Å². The Balaban J connectivity index is 1.24. The van der Waals surface area contributed by atoms with E-state index in [1.807, 2.05) is 59.5 Å². The van der Waals surface area contributed by atoms with Crippen molar-refractivity contribution in [3.8, 4) is 0 Å². The van der Waals surface area contributed by atoms with Crippen LogP contribution in [0.15, 0.2) is 58.9 Å². The van der Waals surface area contributed by atoms with E-state index in [2.05, 4.69) is 10.3 Å². The van der Waals surface area contributed by atoms with Crippen LogP contribution in [0.1, 0.15) is 23.2 Å². The highest BCUT2D eigenvalue weighted by Crippen LogP contribution is 2.29. The molecular formula is C21H21N3O2S2. The van der Waals surface area contributed by atoms with Gasteiger partial charge in [0.15, 0.2) is 4.34 Å². The van der Waals surface area contributed by atoms with Crippen molar-refractivity contribution in [2.75, 3.05) is 18.8 Å². The van der Waals surface area contributed by atoms with Crippen LogP contribution in [0, 0.1) is 0 Å². The summed E-state index contributed by atoms with van der Waals surface area (Å²) in [5, 5.41) is 3.08. The van der Waals surface area contributed by atoms with Gasteiger partial charge in [-0.05, 0) is 37.1 Å². The van der Waals surface area contributed by atoms with Crippen molar-refractivity contribution in [2.24, 2.45) is 0 Å². The minimum Gasteiger partial charge on any atom is -0.349 e. The Kier molecular flexibility index (Phi) is 5.92. The minimum absolute atomic E-state index is 0.0447. The molecule has 7 heteroatoms. The van der Waals surface area contributed by atoms with Gasteiger partial charge in [-0.25, -0.2) is 4.98 Å². The first-order chi connectivity index (χ1) is 13.7. The van der Waals surface area contributed by atoms with Gasteiger partial charge >= 0.3 is 0 Å². The fraction of sp³-hybridized carbons (Fsp3) is 0.286. The van der Waals surface area contributed by atoms with E-state index in [-0.39, 0.29) is 17.9 Å². The number of hydrogen-bond acceptors (Lipinski definition) is 5. The lowest BCUT2D eigenvalue weighted by Crippen LogP contribution is -2.47. The molecule has 0 spiro atoms. The summed E-state index contributed by atoms with van der Waals surface area (Å²) in [5.74, 6) is 0.495. The van der Waals surface area contributed by atoms with E-state index < -0.39 is 0 Å². The lowest BCUT2D eigenvalue weighted by Gasteiger charge is -2.32. The SMILES string of the molecule is O=C(NC1CCN(C(=O)CSc2nc3ccccc3s2)CC1)c1ccccc1. The number of aromatic nitrogens is 1. The molecule has 1 N–H and O–H groups in total. The number of thioether (sulfide) groups is 1. The van der Waals surface area contributed by atoms with E-state index in [9.17, 15) is 9.59 Å². The first-order valence-electron chi connectivity index (χ1n) is 9.31. The maximum Gasteiger partial charge on any atom is 0.251 e. The van der Waals surface area contributed by atoms with Crippen LogP contribution >= 0.6 is 23.1 Å². The number of carbonyl (C=O) groups is 2. The number of thiazole rings is 1. The highest BCUT2D eigenvalue weighted by molar-refractivity contribution is 8.01. The van der Waals surface area contributed by atoms with Gasteiger partial charge in [-0.1, -0.05) is 42.1 Å². The molecule has 5 nitrogen and oxygen atoms in total. The zero-order valence-electron chi connectivity index (χ0n) is 15.3. The molecule has 2 heterocycles. The van der Waals surface area contributed by atoms with E-state index in [4.69, 9.17) is 0 Å². The molecule has 0 radical (unpaired) electrons. The molecule has 4 rings (SSSR count). The Bertz CT molecular complexity index is 933. The molecule has 0 atom stereocenters. The van der Waals surface area contributed by atoms with Crippen molar-refractivity contribution in [3.63, 3.8) is 0 Å². The first kappa shape index (κ1) is 19.0. The number of piperidine rings is 1. The number of benzene rings is 2. The van der Waals surface area contributed by atoms with Gasteiger partial charge in [0.05, 0.1) is 16.0 Å². The van der Waals surface area contributed by atoms with Crippen molar-refractivity contribution >= 4 is 45.1 Å². The number of para-hydroxylation sites is 1. The average Bonchev–Trinajstić information content (AvgIpc) is 3.16. The summed E-state index contributed by atoms with van der Waals surface area (Å²) in [7, 11) is 0. The summed E-state index contributed by atoms with van der Waals surface area (Å²) in [6.07, 6.45) is 1.58. The van der Waals surface area contributed by atoms with E-state index in [0.717, 1.165) is 27.4 Å². The molecule has 1 aromatic heterocycles. The minimum atomic E-state index is -0.0447. The number of likely N-dealkylation sites (tertiary alicyclic amines) is 1. The molecule has 1 aliphatic rings. The standard InChI is InChI=1S/C21H21N3O2S2/c25-19(14-27-21-23-17-8-4-5-9-18(17)28-21)24-12-10-16(11-13-24)22-20(26)15-6-2-1-3-7-15/h1-9,16H,10-14H2,(H,22,26). The monoisotopic (exact) mass is 411 g/mol. The van der Waals surface area contributed by atoms with Gasteiger partial charge in [0.25, 0.3) is 5.91 Å². The second kappa shape index (κ2) is 8.75. The molecule has 0 saturated carbocycles. The highest BCUT2D eigenvalue weighted by atomic mass is 32.2. The van der Waals surface area contributed by atoms with Crippen LogP contribution in [0.25, 0.3) is 10.2 Å². The Hall–Kier alpha value is -2.38. The Labute approximate surface area is 172 Å². The van der Waals surface area contributed by atoms with E-state index in [1.165, 1.54) is 11.8 Å². The van der Waals surface area contributed by atoms with Crippen LogP contribution in [0.5, 0.6) is 0 Å². The van der Waals surface area contributed by atoms with Gasteiger partial charge in [0.1, 0.15) is 0 Å². The molecule has 0 unspecified atom stereocenters. The Morgan fingerprint density at radius 3 is 2.54 bits per heavy atom. The average molecular weight is 412 g/mol. The third kappa shape index (κ3) is 4.54. The van der Waals surface area contributed by atoms with Crippen molar-refractivity contribution in [1.29, 1.82) is 0 Å². The quantitative estimate of drug-likeness (QED) is 0.649. The van der Waals surface area contributed by atoms with Crippen molar-refractivity contribution in [2.45, 2.75) is 23.2 Å². The molecule has 1 fully saturated rings. The number of amides is 2. The maximum absolute atomic E-state index is 12.5. The van der Waals surface area contributed by atoms with Crippen LogP contribution < -0.4 is 5.32 Å². The van der Waals surface area contributed by atoms with Gasteiger partial charge in [-0.3, -0.25) is 9.59 Å². The topological polar surface area (TPSA) is 62.3 Å². The number of fused-ring (bicyclic) bond motifs is 1. The third-order valence-corrected chi connectivity index (χ3v) is 6.98. The normalized spacial score (nSPS) is 14.9. The molecule has 1 aliphatic heterocycles. The summed E-state index contributed by atoms with van der Waals surface area (Å²) in [5.41, 5.74) is 1.66. The van der Waals surface area contributed by atoms with Gasteiger partial charge in [0, 0.05) is 24.7 Å². The first-order valence-corrected chi connectivity index (χ1v) is 11.1. The zero-order chi connectivity index (χ0) is 19.3. The summed E-state index contributed by atoms with van der Waals surface area (Å²) < 4.78 is 2.08. The second-order valence-electron chi connectivity index (χ2n) is 6.73. The Morgan fingerprint density at radius 1 is 1.07 bits per heavy atom. The predicted molar refractivity (Wildman–Crippen MR) is 114 cm³/mol. The number of rotatable bonds is 5. The number of nitrogens with one attached hydrogen (secondary N) is 1. The fourth-order valence-corrected chi connectivity index (χ4v) is 5.23. The van der Waals surface area contributed by atoms with E-state index >= 15 is 0 Å². The molecule has 2 amide bonds. The lowest BCUT2D eigenvalue weighted by molar-refractivity contribution is -0.129. The summed E-state index contributed by atoms with van der Waals surface area (Å²) in [6, 6.07) is 17.4. The second-order valence-corrected chi connectivity index (χ2v) is 8.98. The zero-order valence-corrected chi connectivity index (χ0v) is 17.0. The van der Waals surface area contributed by atoms with Crippen molar-refractivity contribution < 1.29 is 9.59 Å². The van der Waals surface area contributed by atoms with Gasteiger partial charge < -0.3 is 10.2 Å². The Morgan fingerprint density at radius 2 is 1.79 bits per heavy atom. The maximum atomic E-state index is 12.5. The highest BCUT2D eigenvalue weighted by Gasteiger charge is 2.24. The summed E-state index contributed by atoms with van der Waals surface area (Å²) >= 11 is 3.13. The molecule has 1 saturated heterocycles. The molecule has 2 aromatic carbocycles. The van der Waals surface area contributed by atoms with Gasteiger partial charge in [-0.2, -0.15) is 0 Å². The molecular weight excluding hydrogens is 390 g/mol. The van der Waals surface area contributed by atoms with Crippen LogP contribution in [0.2, 0.25) is 0 Å². The van der Waals surface area contributed by atoms with Crippen LogP contribution in [-0.2, 0) is 4.79 Å². The number of carbonyl (C=O) groups excluding carboxylic acids is 2. The number of nitrogens with zero attached hydrogens (tertiary/aromatic N) is 2. The van der Waals surface area contributed by atoms with Crippen molar-refractivity contribution in [3.05, 3.63) is 60.2 Å². The molecule has 144 valence electrons. The summed E-state index contributed by atoms with van der Waals surface area (Å²) in [6.45, 7) is 1.36. The molecule has 0 bridgehead atoms. The predicted octanol–water partition coefficient (Wildman–Crippen LogP) is 3.81. The van der Waals surface area contributed by atoms with Gasteiger partial charge in [-0.15, -0.1) is 11.3 Å². The molecule has 0 aliphatic carbocycles. The number of hydrogen-bond donors (Lipinski definition) is 1. The van der Waals surface area contributed by atoms with Crippen molar-refractivity contribution in [1.82, 2.24) is 15.2 Å². The van der Waals surface area contributed by atoms with Gasteiger partial charge in [0.2, 0.25) is 5.91 Å². The summed E-state index contributed by atoms with van der Waals surface area (Å²) in [4.78, 5) is 31.3.